The van der Waals surface area contributed by atoms with Crippen molar-refractivity contribution in [3.63, 3.8) is 0 Å². The van der Waals surface area contributed by atoms with Crippen molar-refractivity contribution in [3.05, 3.63) is 64.6 Å². The Morgan fingerprint density at radius 1 is 1.12 bits per heavy atom. The van der Waals surface area contributed by atoms with Gasteiger partial charge in [0.25, 0.3) is 0 Å². The monoisotopic (exact) mass is 327 g/mol. The second-order valence-electron chi connectivity index (χ2n) is 5.21. The minimum Gasteiger partial charge on any atom is -0.496 e. The van der Waals surface area contributed by atoms with Crippen LogP contribution < -0.4 is 10.5 Å². The van der Waals surface area contributed by atoms with Crippen molar-refractivity contribution in [2.45, 2.75) is 19.6 Å². The molecule has 1 aromatic heterocycles. The van der Waals surface area contributed by atoms with Crippen molar-refractivity contribution in [2.75, 3.05) is 7.11 Å². The second kappa shape index (κ2) is 7.04. The van der Waals surface area contributed by atoms with Crippen molar-refractivity contribution in [1.82, 2.24) is 4.57 Å². The van der Waals surface area contributed by atoms with E-state index in [1.165, 1.54) is 4.57 Å². The number of hydrogen-bond donors (Lipinski definition) is 0. The van der Waals surface area contributed by atoms with Gasteiger partial charge < -0.3 is 13.9 Å². The number of benzene rings is 2. The molecule has 0 aliphatic carbocycles. The van der Waals surface area contributed by atoms with Crippen LogP contribution in [0.15, 0.2) is 57.7 Å². The number of para-hydroxylation sites is 3. The number of methoxy groups -OCH3 is 1. The van der Waals surface area contributed by atoms with Gasteiger partial charge >= 0.3 is 11.7 Å². The molecule has 0 aliphatic heterocycles. The van der Waals surface area contributed by atoms with Crippen molar-refractivity contribution in [1.29, 1.82) is 0 Å². The molecule has 0 atom stereocenters. The highest BCUT2D eigenvalue weighted by molar-refractivity contribution is 5.73. The van der Waals surface area contributed by atoms with E-state index in [2.05, 4.69) is 0 Å². The van der Waals surface area contributed by atoms with Gasteiger partial charge in [0.2, 0.25) is 0 Å². The molecule has 0 saturated carbocycles. The third-order valence-corrected chi connectivity index (χ3v) is 3.69. The molecule has 0 saturated heterocycles. The summed E-state index contributed by atoms with van der Waals surface area (Å²) in [5.41, 5.74) is 1.96. The van der Waals surface area contributed by atoms with Crippen LogP contribution in [0.1, 0.15) is 12.0 Å². The van der Waals surface area contributed by atoms with Gasteiger partial charge in [-0.05, 0) is 18.2 Å². The molecule has 1 heterocycles. The van der Waals surface area contributed by atoms with Crippen LogP contribution in [0.25, 0.3) is 11.1 Å². The lowest BCUT2D eigenvalue weighted by molar-refractivity contribution is -0.145. The number of oxazole rings is 1. The summed E-state index contributed by atoms with van der Waals surface area (Å²) >= 11 is 0. The predicted molar refractivity (Wildman–Crippen MR) is 87.9 cm³/mol. The molecule has 0 radical (unpaired) electrons. The summed E-state index contributed by atoms with van der Waals surface area (Å²) < 4.78 is 17.0. The number of aromatic nitrogens is 1. The zero-order valence-electron chi connectivity index (χ0n) is 13.2. The van der Waals surface area contributed by atoms with E-state index in [-0.39, 0.29) is 19.6 Å². The molecular weight excluding hydrogens is 310 g/mol. The molecule has 0 bridgehead atoms. The number of nitrogens with zero attached hydrogens (tertiary/aromatic N) is 1. The summed E-state index contributed by atoms with van der Waals surface area (Å²) in [5.74, 6) is -0.200. The summed E-state index contributed by atoms with van der Waals surface area (Å²) in [5, 5.41) is 0. The molecular formula is C18H17NO5. The van der Waals surface area contributed by atoms with Crippen LogP contribution in [-0.4, -0.2) is 17.6 Å². The number of rotatable bonds is 6. The Hall–Kier alpha value is -3.02. The van der Waals surface area contributed by atoms with Crippen molar-refractivity contribution in [2.24, 2.45) is 0 Å². The second-order valence-corrected chi connectivity index (χ2v) is 5.21. The number of esters is 1. The lowest BCUT2D eigenvalue weighted by Gasteiger charge is -2.09. The fourth-order valence-corrected chi connectivity index (χ4v) is 2.48. The molecule has 3 aromatic rings. The summed E-state index contributed by atoms with van der Waals surface area (Å²) in [7, 11) is 1.57. The van der Waals surface area contributed by atoms with Gasteiger partial charge in [0, 0.05) is 12.1 Å². The van der Waals surface area contributed by atoms with Gasteiger partial charge in [-0.3, -0.25) is 9.36 Å². The Labute approximate surface area is 138 Å². The summed E-state index contributed by atoms with van der Waals surface area (Å²) in [6.07, 6.45) is 0.0819. The SMILES string of the molecule is COc1ccccc1COC(=O)CCn1c(=O)oc2ccccc21. The van der Waals surface area contributed by atoms with Gasteiger partial charge in [-0.25, -0.2) is 4.79 Å². The van der Waals surface area contributed by atoms with E-state index in [1.54, 1.807) is 31.4 Å². The Balaban J connectivity index is 1.61. The number of ether oxygens (including phenoxy) is 2. The van der Waals surface area contributed by atoms with Gasteiger partial charge in [-0.1, -0.05) is 30.3 Å². The van der Waals surface area contributed by atoms with E-state index in [0.717, 1.165) is 5.56 Å². The number of fused-ring (bicyclic) bond motifs is 1. The van der Waals surface area contributed by atoms with E-state index in [0.29, 0.717) is 16.8 Å². The molecule has 0 aliphatic rings. The average molecular weight is 327 g/mol. The maximum atomic E-state index is 11.9. The Morgan fingerprint density at radius 3 is 2.71 bits per heavy atom. The highest BCUT2D eigenvalue weighted by Crippen LogP contribution is 2.18. The quantitative estimate of drug-likeness (QED) is 0.651. The van der Waals surface area contributed by atoms with Crippen LogP contribution in [0.5, 0.6) is 5.75 Å². The van der Waals surface area contributed by atoms with Crippen LogP contribution >= 0.6 is 0 Å². The highest BCUT2D eigenvalue weighted by atomic mass is 16.5. The summed E-state index contributed by atoms with van der Waals surface area (Å²) in [6, 6.07) is 14.4. The third kappa shape index (κ3) is 3.32. The molecule has 2 aromatic carbocycles. The van der Waals surface area contributed by atoms with Gasteiger partial charge in [0.05, 0.1) is 19.0 Å². The Bertz CT molecular complexity index is 909. The molecule has 6 nitrogen and oxygen atoms in total. The van der Waals surface area contributed by atoms with E-state index in [9.17, 15) is 9.59 Å². The number of carbonyl (C=O) groups excluding carboxylic acids is 1. The van der Waals surface area contributed by atoms with Gasteiger partial charge in [-0.15, -0.1) is 0 Å². The van der Waals surface area contributed by atoms with E-state index < -0.39 is 11.7 Å². The third-order valence-electron chi connectivity index (χ3n) is 3.69. The van der Waals surface area contributed by atoms with Crippen LogP contribution in [0.3, 0.4) is 0 Å². The molecule has 0 unspecified atom stereocenters. The lowest BCUT2D eigenvalue weighted by Crippen LogP contribution is -2.17. The first-order chi connectivity index (χ1) is 11.7. The topological polar surface area (TPSA) is 70.7 Å². The van der Waals surface area contributed by atoms with Gasteiger partial charge in [-0.2, -0.15) is 0 Å². The molecule has 6 heteroatoms. The van der Waals surface area contributed by atoms with Crippen LogP contribution in [-0.2, 0) is 22.7 Å². The smallest absolute Gasteiger partial charge is 0.419 e. The van der Waals surface area contributed by atoms with E-state index in [1.807, 2.05) is 24.3 Å². The van der Waals surface area contributed by atoms with Crippen LogP contribution in [0, 0.1) is 0 Å². The van der Waals surface area contributed by atoms with Gasteiger partial charge in [0.1, 0.15) is 12.4 Å². The molecule has 0 amide bonds. The summed E-state index contributed by atoms with van der Waals surface area (Å²) in [6.45, 7) is 0.338. The standard InChI is InChI=1S/C18H17NO5/c1-22-15-8-4-2-6-13(15)12-23-17(20)10-11-19-14-7-3-5-9-16(14)24-18(19)21/h2-9H,10-12H2,1H3. The molecule has 3 rings (SSSR count). The number of hydrogen-bond acceptors (Lipinski definition) is 5. The van der Waals surface area contributed by atoms with Crippen molar-refractivity contribution in [3.8, 4) is 5.75 Å². The first-order valence-corrected chi connectivity index (χ1v) is 7.55. The van der Waals surface area contributed by atoms with E-state index >= 15 is 0 Å². The minimum atomic E-state index is -0.478. The highest BCUT2D eigenvalue weighted by Gasteiger charge is 2.12. The van der Waals surface area contributed by atoms with E-state index in [4.69, 9.17) is 13.9 Å². The first kappa shape index (κ1) is 15.9. The maximum Gasteiger partial charge on any atom is 0.419 e. The largest absolute Gasteiger partial charge is 0.496 e. The Morgan fingerprint density at radius 2 is 1.88 bits per heavy atom. The molecule has 124 valence electrons. The number of aryl methyl sites for hydroxylation is 1. The van der Waals surface area contributed by atoms with Crippen molar-refractivity contribution >= 4 is 17.1 Å². The fourth-order valence-electron chi connectivity index (χ4n) is 2.48. The minimum absolute atomic E-state index is 0.0819. The maximum absolute atomic E-state index is 11.9. The Kier molecular flexibility index (Phi) is 4.65. The molecule has 0 N–H and O–H groups in total. The van der Waals surface area contributed by atoms with Crippen molar-refractivity contribution < 1.29 is 18.7 Å². The average Bonchev–Trinajstić information content (AvgIpc) is 2.93. The zero-order chi connectivity index (χ0) is 16.9. The number of carbonyl (C=O) groups is 1. The fraction of sp³-hybridized carbons (Fsp3) is 0.222. The van der Waals surface area contributed by atoms with Crippen LogP contribution in [0.4, 0.5) is 0 Å². The summed E-state index contributed by atoms with van der Waals surface area (Å²) in [4.78, 5) is 23.8. The van der Waals surface area contributed by atoms with Crippen LogP contribution in [0.2, 0.25) is 0 Å². The zero-order valence-corrected chi connectivity index (χ0v) is 13.2. The van der Waals surface area contributed by atoms with Gasteiger partial charge in [0.15, 0.2) is 5.58 Å². The normalized spacial score (nSPS) is 10.7. The predicted octanol–water partition coefficient (Wildman–Crippen LogP) is 2.74. The molecule has 24 heavy (non-hydrogen) atoms. The lowest BCUT2D eigenvalue weighted by atomic mass is 10.2. The molecule has 0 fully saturated rings. The first-order valence-electron chi connectivity index (χ1n) is 7.55. The molecule has 0 spiro atoms.